The van der Waals surface area contributed by atoms with Crippen LogP contribution in [0.25, 0.3) is 0 Å². The smallest absolute Gasteiger partial charge is 0.328 e. The second kappa shape index (κ2) is 6.62. The van der Waals surface area contributed by atoms with Gasteiger partial charge in [-0.05, 0) is 19.1 Å². The average molecular weight is 312 g/mol. The van der Waals surface area contributed by atoms with Crippen molar-refractivity contribution in [2.75, 3.05) is 7.11 Å². The Morgan fingerprint density at radius 2 is 1.62 bits per heavy atom. The summed E-state index contributed by atoms with van der Waals surface area (Å²) in [5.41, 5.74) is 0.836. The van der Waals surface area contributed by atoms with Gasteiger partial charge in [0.25, 0.3) is 0 Å². The second-order valence-electron chi connectivity index (χ2n) is 4.54. The zero-order valence-corrected chi connectivity index (χ0v) is 12.6. The van der Waals surface area contributed by atoms with Crippen LogP contribution in [0.1, 0.15) is 18.4 Å². The van der Waals surface area contributed by atoms with Crippen LogP contribution in [0.2, 0.25) is 0 Å². The van der Waals surface area contributed by atoms with E-state index in [1.54, 1.807) is 19.1 Å². The summed E-state index contributed by atoms with van der Waals surface area (Å²) in [4.78, 5) is 33.6. The topological polar surface area (TPSA) is 94.6 Å². The molecule has 1 aromatic rings. The van der Waals surface area contributed by atoms with E-state index < -0.39 is 33.4 Å². The highest BCUT2D eigenvalue weighted by Crippen LogP contribution is 2.32. The maximum atomic E-state index is 12.7. The number of methoxy groups -OCH3 is 1. The Balaban J connectivity index is 3.54. The van der Waals surface area contributed by atoms with Gasteiger partial charge in [0, 0.05) is 12.8 Å². The summed E-state index contributed by atoms with van der Waals surface area (Å²) in [5, 5.41) is 0. The molecule has 0 radical (unpaired) electrons. The fourth-order valence-electron chi connectivity index (χ4n) is 1.98. The second-order valence-corrected chi connectivity index (χ2v) is 6.80. The van der Waals surface area contributed by atoms with Crippen LogP contribution in [0.4, 0.5) is 0 Å². The minimum Gasteiger partial charge on any atom is -0.468 e. The summed E-state index contributed by atoms with van der Waals surface area (Å²) in [5.74, 6) is -1.12. The molecule has 6 nitrogen and oxygen atoms in total. The fraction of sp³-hybridized carbons (Fsp3) is 0.357. The zero-order valence-electron chi connectivity index (χ0n) is 11.7. The number of benzene rings is 1. The van der Waals surface area contributed by atoms with E-state index in [9.17, 15) is 22.8 Å². The predicted octanol–water partition coefficient (Wildman–Crippen LogP) is 0.859. The molecule has 114 valence electrons. The highest BCUT2D eigenvalue weighted by Gasteiger charge is 2.52. The molecule has 0 spiro atoms. The van der Waals surface area contributed by atoms with Gasteiger partial charge in [0.15, 0.2) is 14.6 Å². The van der Waals surface area contributed by atoms with Crippen molar-refractivity contribution >= 4 is 28.4 Å². The Labute approximate surface area is 123 Å². The Morgan fingerprint density at radius 1 is 1.14 bits per heavy atom. The quantitative estimate of drug-likeness (QED) is 0.547. The SMILES string of the molecule is COC(=O)C(CC=O)(CC=O)S(=O)(=O)c1ccc(C)cc1. The van der Waals surface area contributed by atoms with Crippen molar-refractivity contribution in [1.82, 2.24) is 0 Å². The van der Waals surface area contributed by atoms with Crippen LogP contribution < -0.4 is 0 Å². The molecule has 0 aromatic heterocycles. The minimum atomic E-state index is -4.25. The Kier molecular flexibility index (Phi) is 5.37. The van der Waals surface area contributed by atoms with Gasteiger partial charge in [-0.15, -0.1) is 0 Å². The number of rotatable bonds is 7. The Bertz CT molecular complexity index is 620. The van der Waals surface area contributed by atoms with Crippen molar-refractivity contribution in [3.05, 3.63) is 29.8 Å². The number of aldehydes is 2. The molecule has 0 N–H and O–H groups in total. The monoisotopic (exact) mass is 312 g/mol. The molecule has 0 atom stereocenters. The first-order valence-corrected chi connectivity index (χ1v) is 7.61. The highest BCUT2D eigenvalue weighted by molar-refractivity contribution is 7.93. The molecule has 0 fully saturated rings. The van der Waals surface area contributed by atoms with Crippen LogP contribution in [0.3, 0.4) is 0 Å². The lowest BCUT2D eigenvalue weighted by molar-refractivity contribution is -0.145. The van der Waals surface area contributed by atoms with Crippen molar-refractivity contribution in [2.45, 2.75) is 29.4 Å². The van der Waals surface area contributed by atoms with Crippen molar-refractivity contribution < 1.29 is 27.5 Å². The Hall–Kier alpha value is -2.02. The molecule has 0 saturated heterocycles. The minimum absolute atomic E-state index is 0.137. The molecule has 0 aliphatic heterocycles. The van der Waals surface area contributed by atoms with Crippen molar-refractivity contribution in [3.63, 3.8) is 0 Å². The molecule has 0 heterocycles. The molecule has 1 aromatic carbocycles. The maximum absolute atomic E-state index is 12.7. The van der Waals surface area contributed by atoms with E-state index in [1.165, 1.54) is 12.1 Å². The van der Waals surface area contributed by atoms with Gasteiger partial charge < -0.3 is 14.3 Å². The van der Waals surface area contributed by atoms with E-state index in [2.05, 4.69) is 4.74 Å². The summed E-state index contributed by atoms with van der Waals surface area (Å²) in [7, 11) is -3.24. The normalized spacial score (nSPS) is 11.7. The number of aryl methyl sites for hydroxylation is 1. The molecule has 0 saturated carbocycles. The van der Waals surface area contributed by atoms with Gasteiger partial charge in [-0.3, -0.25) is 4.79 Å². The highest BCUT2D eigenvalue weighted by atomic mass is 32.2. The third-order valence-electron chi connectivity index (χ3n) is 3.23. The van der Waals surface area contributed by atoms with Gasteiger partial charge in [0.2, 0.25) is 0 Å². The predicted molar refractivity (Wildman–Crippen MR) is 74.5 cm³/mol. The summed E-state index contributed by atoms with van der Waals surface area (Å²) in [6.07, 6.45) is -0.693. The van der Waals surface area contributed by atoms with E-state index in [1.807, 2.05) is 0 Å². The van der Waals surface area contributed by atoms with E-state index >= 15 is 0 Å². The summed E-state index contributed by atoms with van der Waals surface area (Å²) in [6.45, 7) is 1.78. The van der Waals surface area contributed by atoms with E-state index in [-0.39, 0.29) is 4.90 Å². The maximum Gasteiger partial charge on any atom is 0.328 e. The van der Waals surface area contributed by atoms with Gasteiger partial charge in [-0.25, -0.2) is 8.42 Å². The number of hydrogen-bond donors (Lipinski definition) is 0. The summed E-state index contributed by atoms with van der Waals surface area (Å²) >= 11 is 0. The number of carbonyl (C=O) groups excluding carboxylic acids is 3. The zero-order chi connectivity index (χ0) is 16.1. The number of hydrogen-bond acceptors (Lipinski definition) is 6. The first kappa shape index (κ1) is 17.0. The molecule has 1 rings (SSSR count). The lowest BCUT2D eigenvalue weighted by Crippen LogP contribution is -2.48. The van der Waals surface area contributed by atoms with Crippen molar-refractivity contribution in [3.8, 4) is 0 Å². The first-order chi connectivity index (χ1) is 9.85. The summed E-state index contributed by atoms with van der Waals surface area (Å²) in [6, 6.07) is 5.80. The molecule has 7 heteroatoms. The number of carbonyl (C=O) groups is 3. The van der Waals surface area contributed by atoms with Crippen LogP contribution >= 0.6 is 0 Å². The number of ether oxygens (including phenoxy) is 1. The summed E-state index contributed by atoms with van der Waals surface area (Å²) < 4.78 is 27.7. The molecule has 0 bridgehead atoms. The van der Waals surface area contributed by atoms with Crippen molar-refractivity contribution in [2.24, 2.45) is 0 Å². The standard InChI is InChI=1S/C14H16O6S/c1-11-3-5-12(6-4-11)21(18,19)14(7-9-15,8-10-16)13(17)20-2/h3-6,9-10H,7-8H2,1-2H3. The van der Waals surface area contributed by atoms with Gasteiger partial charge in [-0.1, -0.05) is 17.7 Å². The first-order valence-electron chi connectivity index (χ1n) is 6.12. The fourth-order valence-corrected chi connectivity index (χ4v) is 3.80. The molecular formula is C14H16O6S. The molecule has 0 amide bonds. The van der Waals surface area contributed by atoms with Crippen LogP contribution in [-0.2, 0) is 29.0 Å². The molecule has 0 unspecified atom stereocenters. The molecule has 21 heavy (non-hydrogen) atoms. The number of esters is 1. The molecule has 0 aliphatic rings. The van der Waals surface area contributed by atoms with Crippen LogP contribution in [0, 0.1) is 6.92 Å². The lowest BCUT2D eigenvalue weighted by atomic mass is 10.0. The molecule has 0 aliphatic carbocycles. The van der Waals surface area contributed by atoms with E-state index in [4.69, 9.17) is 0 Å². The largest absolute Gasteiger partial charge is 0.468 e. The van der Waals surface area contributed by atoms with E-state index in [0.29, 0.717) is 12.6 Å². The third kappa shape index (κ3) is 3.02. The van der Waals surface area contributed by atoms with Crippen LogP contribution in [0.15, 0.2) is 29.2 Å². The van der Waals surface area contributed by atoms with Crippen LogP contribution in [0.5, 0.6) is 0 Å². The van der Waals surface area contributed by atoms with Gasteiger partial charge >= 0.3 is 5.97 Å². The van der Waals surface area contributed by atoms with E-state index in [0.717, 1.165) is 12.7 Å². The lowest BCUT2D eigenvalue weighted by Gasteiger charge is -2.27. The Morgan fingerprint density at radius 3 is 2.00 bits per heavy atom. The van der Waals surface area contributed by atoms with Crippen molar-refractivity contribution in [1.29, 1.82) is 0 Å². The van der Waals surface area contributed by atoms with Crippen LogP contribution in [-0.4, -0.2) is 38.8 Å². The van der Waals surface area contributed by atoms with Gasteiger partial charge in [0.1, 0.15) is 12.6 Å². The third-order valence-corrected chi connectivity index (χ3v) is 5.65. The number of sulfone groups is 1. The van der Waals surface area contributed by atoms with Gasteiger partial charge in [0.05, 0.1) is 12.0 Å². The molecular weight excluding hydrogens is 296 g/mol. The average Bonchev–Trinajstić information content (AvgIpc) is 2.46. The van der Waals surface area contributed by atoms with Gasteiger partial charge in [-0.2, -0.15) is 0 Å².